The molecule has 22 heavy (non-hydrogen) atoms. The molecule has 1 aliphatic rings. The highest BCUT2D eigenvalue weighted by Crippen LogP contribution is 2.40. The van der Waals surface area contributed by atoms with Gasteiger partial charge in [0.25, 0.3) is 0 Å². The zero-order chi connectivity index (χ0) is 16.1. The fraction of sp³-hybridized carbons (Fsp3) is 0.625. The van der Waals surface area contributed by atoms with Crippen LogP contribution < -0.4 is 10.6 Å². The van der Waals surface area contributed by atoms with Crippen LogP contribution in [0.15, 0.2) is 12.4 Å². The number of aromatic nitrogens is 3. The van der Waals surface area contributed by atoms with Gasteiger partial charge < -0.3 is 20.3 Å². The molecule has 0 saturated carbocycles. The monoisotopic (exact) mass is 303 g/mol. The lowest BCUT2D eigenvalue weighted by atomic mass is 9.79. The Morgan fingerprint density at radius 3 is 2.50 bits per heavy atom. The molecule has 2 aromatic heterocycles. The fourth-order valence-corrected chi connectivity index (χ4v) is 3.86. The summed E-state index contributed by atoms with van der Waals surface area (Å²) in [6.45, 7) is 8.83. The van der Waals surface area contributed by atoms with Gasteiger partial charge in [0.2, 0.25) is 11.8 Å². The molecule has 0 aromatic carbocycles. The fourth-order valence-electron chi connectivity index (χ4n) is 3.86. The standard InChI is InChI=1S/C16H25N5O/c1-15(2)6-10(7-16(3,4)20-15)21-9-12-11(13(21)22)8-18-14(17-5)19-12/h8-10,20,22H,6-7H2,1-5H3,(H,17,19). The van der Waals surface area contributed by atoms with Gasteiger partial charge >= 0.3 is 0 Å². The van der Waals surface area contributed by atoms with E-state index in [-0.39, 0.29) is 23.0 Å². The van der Waals surface area contributed by atoms with Crippen LogP contribution in [0.5, 0.6) is 5.88 Å². The summed E-state index contributed by atoms with van der Waals surface area (Å²) in [6.07, 6.45) is 5.53. The number of nitrogens with one attached hydrogen (secondary N) is 2. The number of piperidine rings is 1. The molecule has 0 atom stereocenters. The van der Waals surface area contributed by atoms with Crippen molar-refractivity contribution in [3.8, 4) is 5.88 Å². The van der Waals surface area contributed by atoms with E-state index in [9.17, 15) is 5.11 Å². The van der Waals surface area contributed by atoms with Gasteiger partial charge in [0.15, 0.2) is 0 Å². The van der Waals surface area contributed by atoms with E-state index in [1.165, 1.54) is 0 Å². The molecule has 1 fully saturated rings. The number of hydrogen-bond donors (Lipinski definition) is 3. The maximum Gasteiger partial charge on any atom is 0.223 e. The Morgan fingerprint density at radius 1 is 1.27 bits per heavy atom. The molecule has 3 N–H and O–H groups in total. The Hall–Kier alpha value is -1.82. The van der Waals surface area contributed by atoms with Crippen LogP contribution in [0.3, 0.4) is 0 Å². The number of fused-ring (bicyclic) bond motifs is 1. The molecule has 1 aliphatic heterocycles. The smallest absolute Gasteiger partial charge is 0.223 e. The van der Waals surface area contributed by atoms with E-state index < -0.39 is 0 Å². The normalized spacial score (nSPS) is 21.1. The van der Waals surface area contributed by atoms with Gasteiger partial charge in [0.1, 0.15) is 0 Å². The minimum atomic E-state index is 0.0249. The van der Waals surface area contributed by atoms with Gasteiger partial charge in [-0.15, -0.1) is 0 Å². The Balaban J connectivity index is 2.04. The summed E-state index contributed by atoms with van der Waals surface area (Å²) < 4.78 is 1.96. The molecule has 6 nitrogen and oxygen atoms in total. The van der Waals surface area contributed by atoms with Crippen LogP contribution in [0, 0.1) is 0 Å². The molecule has 120 valence electrons. The molecule has 0 spiro atoms. The molecule has 0 radical (unpaired) electrons. The summed E-state index contributed by atoms with van der Waals surface area (Å²) in [5.41, 5.74) is 0.819. The van der Waals surface area contributed by atoms with Crippen molar-refractivity contribution >= 4 is 16.9 Å². The van der Waals surface area contributed by atoms with Crippen molar-refractivity contribution in [1.82, 2.24) is 19.9 Å². The second-order valence-electron chi connectivity index (χ2n) is 7.56. The number of anilines is 1. The number of hydrogen-bond acceptors (Lipinski definition) is 5. The summed E-state index contributed by atoms with van der Waals surface area (Å²) in [4.78, 5) is 8.62. The van der Waals surface area contributed by atoms with Gasteiger partial charge in [-0.05, 0) is 40.5 Å². The van der Waals surface area contributed by atoms with Gasteiger partial charge in [-0.25, -0.2) is 9.97 Å². The lowest BCUT2D eigenvalue weighted by molar-refractivity contribution is 0.128. The Morgan fingerprint density at radius 2 is 1.91 bits per heavy atom. The molecular weight excluding hydrogens is 278 g/mol. The van der Waals surface area contributed by atoms with Crippen LogP contribution in [-0.2, 0) is 0 Å². The Bertz CT molecular complexity index is 688. The van der Waals surface area contributed by atoms with Crippen molar-refractivity contribution in [2.45, 2.75) is 57.7 Å². The Labute approximate surface area is 131 Å². The maximum absolute atomic E-state index is 10.6. The highest BCUT2D eigenvalue weighted by molar-refractivity contribution is 5.84. The number of nitrogens with zero attached hydrogens (tertiary/aromatic N) is 3. The van der Waals surface area contributed by atoms with E-state index in [0.717, 1.165) is 18.4 Å². The molecule has 3 heterocycles. The van der Waals surface area contributed by atoms with Crippen molar-refractivity contribution in [1.29, 1.82) is 0 Å². The summed E-state index contributed by atoms with van der Waals surface area (Å²) in [5.74, 6) is 0.826. The molecule has 1 saturated heterocycles. The van der Waals surface area contributed by atoms with E-state index in [1.54, 1.807) is 13.2 Å². The molecule has 6 heteroatoms. The lowest BCUT2D eigenvalue weighted by Gasteiger charge is -2.47. The first-order valence-corrected chi connectivity index (χ1v) is 7.74. The molecular formula is C16H25N5O. The van der Waals surface area contributed by atoms with E-state index >= 15 is 0 Å². The van der Waals surface area contributed by atoms with Crippen LogP contribution >= 0.6 is 0 Å². The average molecular weight is 303 g/mol. The zero-order valence-corrected chi connectivity index (χ0v) is 13.9. The zero-order valence-electron chi connectivity index (χ0n) is 13.9. The summed E-state index contributed by atoms with van der Waals surface area (Å²) in [5, 5.41) is 17.9. The first-order chi connectivity index (χ1) is 10.2. The van der Waals surface area contributed by atoms with Crippen molar-refractivity contribution in [3.05, 3.63) is 12.4 Å². The van der Waals surface area contributed by atoms with Gasteiger partial charge in [0, 0.05) is 36.6 Å². The highest BCUT2D eigenvalue weighted by Gasteiger charge is 2.39. The molecule has 2 aromatic rings. The van der Waals surface area contributed by atoms with Crippen molar-refractivity contribution in [2.75, 3.05) is 12.4 Å². The first kappa shape index (κ1) is 15.1. The Kier molecular flexibility index (Phi) is 3.32. The topological polar surface area (TPSA) is 75.0 Å². The predicted molar refractivity (Wildman–Crippen MR) is 88.3 cm³/mol. The third-order valence-electron chi connectivity index (χ3n) is 4.35. The van der Waals surface area contributed by atoms with Crippen molar-refractivity contribution < 1.29 is 5.11 Å². The predicted octanol–water partition coefficient (Wildman–Crippen LogP) is 2.66. The third kappa shape index (κ3) is 2.63. The first-order valence-electron chi connectivity index (χ1n) is 7.74. The SMILES string of the molecule is CNc1ncc2c(O)n(C3CC(C)(C)NC(C)(C)C3)cc2n1. The van der Waals surface area contributed by atoms with Crippen LogP contribution in [0.1, 0.15) is 46.6 Å². The minimum Gasteiger partial charge on any atom is -0.494 e. The van der Waals surface area contributed by atoms with Gasteiger partial charge in [-0.1, -0.05) is 0 Å². The van der Waals surface area contributed by atoms with E-state index in [2.05, 4.69) is 48.3 Å². The maximum atomic E-state index is 10.6. The molecule has 3 rings (SSSR count). The second kappa shape index (κ2) is 4.84. The molecule has 0 aliphatic carbocycles. The van der Waals surface area contributed by atoms with Crippen molar-refractivity contribution in [3.63, 3.8) is 0 Å². The quantitative estimate of drug-likeness (QED) is 0.795. The molecule has 0 bridgehead atoms. The van der Waals surface area contributed by atoms with Crippen LogP contribution in [0.2, 0.25) is 0 Å². The number of aromatic hydroxyl groups is 1. The highest BCUT2D eigenvalue weighted by atomic mass is 16.3. The second-order valence-corrected chi connectivity index (χ2v) is 7.56. The third-order valence-corrected chi connectivity index (χ3v) is 4.35. The van der Waals surface area contributed by atoms with E-state index in [4.69, 9.17) is 0 Å². The van der Waals surface area contributed by atoms with Crippen LogP contribution in [0.4, 0.5) is 5.95 Å². The van der Waals surface area contributed by atoms with Crippen molar-refractivity contribution in [2.24, 2.45) is 0 Å². The lowest BCUT2D eigenvalue weighted by Crippen LogP contribution is -2.57. The largest absolute Gasteiger partial charge is 0.494 e. The van der Waals surface area contributed by atoms with Crippen LogP contribution in [0.25, 0.3) is 10.9 Å². The van der Waals surface area contributed by atoms with E-state index in [1.807, 2.05) is 10.8 Å². The summed E-state index contributed by atoms with van der Waals surface area (Å²) in [6, 6.07) is 0.235. The minimum absolute atomic E-state index is 0.0249. The molecule has 0 amide bonds. The van der Waals surface area contributed by atoms with Gasteiger partial charge in [-0.3, -0.25) is 0 Å². The van der Waals surface area contributed by atoms with Gasteiger partial charge in [-0.2, -0.15) is 0 Å². The molecule has 0 unspecified atom stereocenters. The average Bonchev–Trinajstić information content (AvgIpc) is 2.72. The number of rotatable bonds is 2. The van der Waals surface area contributed by atoms with E-state index in [0.29, 0.717) is 11.3 Å². The summed E-state index contributed by atoms with van der Waals surface area (Å²) in [7, 11) is 1.79. The van der Waals surface area contributed by atoms with Crippen LogP contribution in [-0.4, -0.2) is 37.8 Å². The summed E-state index contributed by atoms with van der Waals surface area (Å²) >= 11 is 0. The van der Waals surface area contributed by atoms with Gasteiger partial charge in [0.05, 0.1) is 10.9 Å².